The molecule has 0 saturated carbocycles. The van der Waals surface area contributed by atoms with E-state index < -0.39 is 6.17 Å². The second-order valence-corrected chi connectivity index (χ2v) is 8.83. The number of fused-ring (bicyclic) bond motifs is 2. The molecule has 2 unspecified atom stereocenters. The van der Waals surface area contributed by atoms with E-state index in [1.165, 1.54) is 0 Å². The van der Waals surface area contributed by atoms with Gasteiger partial charge in [0.15, 0.2) is 0 Å². The number of hydrogen-bond donors (Lipinski definition) is 2. The summed E-state index contributed by atoms with van der Waals surface area (Å²) in [6.07, 6.45) is 6.87. The number of piperidine rings is 2. The van der Waals surface area contributed by atoms with Gasteiger partial charge >= 0.3 is 0 Å². The Kier molecular flexibility index (Phi) is 5.06. The van der Waals surface area contributed by atoms with Gasteiger partial charge in [-0.3, -0.25) is 0 Å². The molecule has 5 rings (SSSR count). The highest BCUT2D eigenvalue weighted by Crippen LogP contribution is 2.40. The predicted molar refractivity (Wildman–Crippen MR) is 117 cm³/mol. The van der Waals surface area contributed by atoms with E-state index >= 15 is 4.39 Å². The van der Waals surface area contributed by atoms with Gasteiger partial charge in [-0.15, -0.1) is 5.10 Å². The van der Waals surface area contributed by atoms with Crippen LogP contribution in [0.15, 0.2) is 55.6 Å². The highest BCUT2D eigenvalue weighted by atomic mass is 19.1. The first-order valence-electron chi connectivity index (χ1n) is 10.7. The third-order valence-electron chi connectivity index (χ3n) is 6.60. The van der Waals surface area contributed by atoms with E-state index in [0.29, 0.717) is 34.5 Å². The number of imidazole rings is 1. The maximum atomic E-state index is 15.2. The van der Waals surface area contributed by atoms with Crippen molar-refractivity contribution < 1.29 is 9.50 Å². The zero-order chi connectivity index (χ0) is 21.5. The van der Waals surface area contributed by atoms with Crippen LogP contribution in [0.25, 0.3) is 22.5 Å². The molecule has 7 heteroatoms. The fourth-order valence-corrected chi connectivity index (χ4v) is 5.04. The van der Waals surface area contributed by atoms with E-state index in [2.05, 4.69) is 34.0 Å². The topological polar surface area (TPSA) is 75.9 Å². The summed E-state index contributed by atoms with van der Waals surface area (Å²) in [7, 11) is 0. The molecular weight excluding hydrogens is 393 g/mol. The Morgan fingerprint density at radius 2 is 2.06 bits per heavy atom. The number of halogens is 1. The zero-order valence-electron chi connectivity index (χ0n) is 17.4. The number of aromatic nitrogens is 4. The van der Waals surface area contributed by atoms with Crippen molar-refractivity contribution in [1.82, 2.24) is 25.1 Å². The molecule has 0 radical (unpaired) electrons. The molecule has 2 saturated heterocycles. The molecule has 2 aliphatic rings. The predicted octanol–water partition coefficient (Wildman–Crippen LogP) is 4.16. The van der Waals surface area contributed by atoms with Gasteiger partial charge in [-0.05, 0) is 55.0 Å². The Balaban J connectivity index is 1.35. The molecule has 31 heavy (non-hydrogen) atoms. The van der Waals surface area contributed by atoms with Gasteiger partial charge in [-0.2, -0.15) is 5.10 Å². The summed E-state index contributed by atoms with van der Waals surface area (Å²) in [5.41, 5.74) is 3.26. The molecule has 6 nitrogen and oxygen atoms in total. The zero-order valence-corrected chi connectivity index (χ0v) is 17.4. The summed E-state index contributed by atoms with van der Waals surface area (Å²) >= 11 is 0. The van der Waals surface area contributed by atoms with Crippen molar-refractivity contribution in [3.63, 3.8) is 0 Å². The van der Waals surface area contributed by atoms with Crippen LogP contribution in [-0.2, 0) is 0 Å². The lowest BCUT2D eigenvalue weighted by atomic mass is 9.72. The number of allylic oxidation sites excluding steroid dienone is 1. The van der Waals surface area contributed by atoms with Crippen molar-refractivity contribution in [3.8, 4) is 22.7 Å². The third-order valence-corrected chi connectivity index (χ3v) is 6.60. The maximum Gasteiger partial charge on any atom is 0.127 e. The summed E-state index contributed by atoms with van der Waals surface area (Å²) in [5.74, 6) is 0.415. The molecule has 2 fully saturated rings. The second-order valence-electron chi connectivity index (χ2n) is 8.83. The Morgan fingerprint density at radius 3 is 2.77 bits per heavy atom. The van der Waals surface area contributed by atoms with E-state index in [9.17, 15) is 5.11 Å². The number of rotatable bonds is 4. The van der Waals surface area contributed by atoms with E-state index in [1.54, 1.807) is 30.7 Å². The van der Waals surface area contributed by atoms with E-state index in [1.807, 2.05) is 22.9 Å². The van der Waals surface area contributed by atoms with Crippen LogP contribution in [0.3, 0.4) is 0 Å². The van der Waals surface area contributed by atoms with Gasteiger partial charge in [0.25, 0.3) is 0 Å². The van der Waals surface area contributed by atoms with Crippen LogP contribution in [0.2, 0.25) is 0 Å². The van der Waals surface area contributed by atoms with Crippen LogP contribution in [0, 0.1) is 11.8 Å². The van der Waals surface area contributed by atoms with Crippen LogP contribution in [0.4, 0.5) is 4.39 Å². The first kappa shape index (κ1) is 19.9. The monoisotopic (exact) mass is 419 g/mol. The van der Waals surface area contributed by atoms with Crippen LogP contribution in [-0.4, -0.2) is 43.1 Å². The largest absolute Gasteiger partial charge is 0.507 e. The Labute approximate surface area is 180 Å². The van der Waals surface area contributed by atoms with Crippen molar-refractivity contribution in [2.75, 3.05) is 0 Å². The molecule has 5 atom stereocenters. The average molecular weight is 420 g/mol. The highest BCUT2D eigenvalue weighted by molar-refractivity contribution is 5.70. The molecule has 0 spiro atoms. The van der Waals surface area contributed by atoms with E-state index in [4.69, 9.17) is 0 Å². The minimum Gasteiger partial charge on any atom is -0.507 e. The third kappa shape index (κ3) is 3.74. The lowest BCUT2D eigenvalue weighted by Gasteiger charge is -2.45. The summed E-state index contributed by atoms with van der Waals surface area (Å²) in [4.78, 5) is 4.02. The van der Waals surface area contributed by atoms with Gasteiger partial charge in [-0.1, -0.05) is 13.5 Å². The number of hydrogen-bond acceptors (Lipinski definition) is 5. The molecule has 160 valence electrons. The molecular formula is C24H26FN5O. The number of alkyl halides is 1. The average Bonchev–Trinajstić information content (AvgIpc) is 3.31. The van der Waals surface area contributed by atoms with Crippen molar-refractivity contribution in [3.05, 3.63) is 61.3 Å². The first-order chi connectivity index (χ1) is 15.0. The molecule has 2 N–H and O–H groups in total. The molecule has 0 aliphatic carbocycles. The number of nitrogens with zero attached hydrogens (tertiary/aromatic N) is 4. The smallest absolute Gasteiger partial charge is 0.127 e. The molecule has 2 bridgehead atoms. The van der Waals surface area contributed by atoms with Crippen LogP contribution in [0.5, 0.6) is 5.75 Å². The van der Waals surface area contributed by atoms with E-state index in [0.717, 1.165) is 24.9 Å². The first-order valence-corrected chi connectivity index (χ1v) is 10.7. The fourth-order valence-electron chi connectivity index (χ4n) is 5.04. The van der Waals surface area contributed by atoms with Gasteiger partial charge in [0, 0.05) is 42.0 Å². The molecule has 3 aromatic rings. The number of nitrogens with one attached hydrogen (secondary N) is 1. The van der Waals surface area contributed by atoms with Crippen LogP contribution >= 0.6 is 0 Å². The SMILES string of the molecule is C=C(c1ccc(-c2ccc(-n3ccnc3)cc2O)nn1)[C@H]1CC2C[C@@H](C)CC(N2)[C@@H]1F. The Morgan fingerprint density at radius 1 is 1.19 bits per heavy atom. The lowest BCUT2D eigenvalue weighted by molar-refractivity contribution is 0.0773. The van der Waals surface area contributed by atoms with Gasteiger partial charge in [0.2, 0.25) is 0 Å². The van der Waals surface area contributed by atoms with Gasteiger partial charge in [0.1, 0.15) is 11.9 Å². The number of benzene rings is 1. The Hall–Kier alpha value is -3.06. The summed E-state index contributed by atoms with van der Waals surface area (Å²) in [6, 6.07) is 9.19. The van der Waals surface area contributed by atoms with Crippen molar-refractivity contribution in [2.24, 2.45) is 11.8 Å². The Bertz CT molecular complexity index is 1080. The van der Waals surface area contributed by atoms with Crippen molar-refractivity contribution >= 4 is 5.57 Å². The van der Waals surface area contributed by atoms with Gasteiger partial charge in [0.05, 0.1) is 23.4 Å². The number of phenols is 1. The fraction of sp³-hybridized carbons (Fsp3) is 0.375. The number of phenolic OH excluding ortho intramolecular Hbond substituents is 1. The minimum absolute atomic E-state index is 0.108. The van der Waals surface area contributed by atoms with Gasteiger partial charge < -0.3 is 15.0 Å². The van der Waals surface area contributed by atoms with Crippen LogP contribution in [0.1, 0.15) is 31.9 Å². The normalized spacial score (nSPS) is 27.7. The summed E-state index contributed by atoms with van der Waals surface area (Å²) in [5, 5.41) is 22.6. The molecule has 2 aromatic heterocycles. The molecule has 2 aliphatic heterocycles. The number of aromatic hydroxyl groups is 1. The second kappa shape index (κ2) is 7.89. The molecule has 1 aromatic carbocycles. The van der Waals surface area contributed by atoms with E-state index in [-0.39, 0.29) is 17.7 Å². The molecule has 4 heterocycles. The highest BCUT2D eigenvalue weighted by Gasteiger charge is 2.43. The van der Waals surface area contributed by atoms with Gasteiger partial charge in [-0.25, -0.2) is 9.37 Å². The van der Waals surface area contributed by atoms with Crippen molar-refractivity contribution in [2.45, 2.75) is 44.4 Å². The summed E-state index contributed by atoms with van der Waals surface area (Å²) in [6.45, 7) is 6.38. The molecule has 0 amide bonds. The minimum atomic E-state index is -0.965. The maximum absolute atomic E-state index is 15.2. The quantitative estimate of drug-likeness (QED) is 0.664. The van der Waals surface area contributed by atoms with Crippen molar-refractivity contribution in [1.29, 1.82) is 0 Å². The lowest BCUT2D eigenvalue weighted by Crippen LogP contribution is -2.57. The standard InChI is InChI=1S/C24H26FN5O/c1-14-9-16-11-19(24(25)22(10-14)27-16)15(2)20-5-6-21(29-28-20)18-4-3-17(12-23(18)31)30-8-7-26-13-30/h3-8,12-14,16,19,22,24,27,31H,2,9-11H2,1H3/t14-,16?,19-,22?,24-/m1/s1. The van der Waals surface area contributed by atoms with Crippen LogP contribution < -0.4 is 5.32 Å². The summed E-state index contributed by atoms with van der Waals surface area (Å²) < 4.78 is 17.0.